The minimum Gasteiger partial charge on any atom is -0.354 e. The van der Waals surface area contributed by atoms with Gasteiger partial charge in [-0.05, 0) is 30.9 Å². The molecule has 0 spiro atoms. The predicted molar refractivity (Wildman–Crippen MR) is 95.9 cm³/mol. The lowest BCUT2D eigenvalue weighted by molar-refractivity contribution is -0.120. The largest absolute Gasteiger partial charge is 0.354 e. The molecule has 7 nitrogen and oxygen atoms in total. The van der Waals surface area contributed by atoms with Crippen LogP contribution in [0.2, 0.25) is 5.02 Å². The van der Waals surface area contributed by atoms with Gasteiger partial charge in [0.15, 0.2) is 0 Å². The van der Waals surface area contributed by atoms with E-state index in [1.807, 2.05) is 0 Å². The summed E-state index contributed by atoms with van der Waals surface area (Å²) in [6.45, 7) is 1.29. The van der Waals surface area contributed by atoms with E-state index < -0.39 is 15.9 Å². The molecule has 0 saturated carbocycles. The Labute approximate surface area is 152 Å². The van der Waals surface area contributed by atoms with Crippen LogP contribution in [0.15, 0.2) is 24.3 Å². The second-order valence-corrected chi connectivity index (χ2v) is 8.46. The summed E-state index contributed by atoms with van der Waals surface area (Å²) >= 11 is 5.93. The molecule has 2 amide bonds. The van der Waals surface area contributed by atoms with Gasteiger partial charge in [-0.2, -0.15) is 0 Å². The van der Waals surface area contributed by atoms with Crippen LogP contribution in [0.1, 0.15) is 23.2 Å². The molecule has 1 aliphatic rings. The minimum atomic E-state index is -3.14. The van der Waals surface area contributed by atoms with Crippen molar-refractivity contribution in [3.8, 4) is 0 Å². The van der Waals surface area contributed by atoms with Gasteiger partial charge in [0, 0.05) is 19.6 Å². The molecule has 0 aliphatic carbocycles. The molecule has 2 rings (SSSR count). The Balaban J connectivity index is 1.70. The molecule has 0 aromatic heterocycles. The summed E-state index contributed by atoms with van der Waals surface area (Å²) in [4.78, 5) is 23.8. The summed E-state index contributed by atoms with van der Waals surface area (Å²) in [5.41, 5.74) is 0.324. The van der Waals surface area contributed by atoms with Crippen LogP contribution >= 0.6 is 11.6 Å². The molecule has 1 aliphatic heterocycles. The van der Waals surface area contributed by atoms with Crippen LogP contribution in [0.4, 0.5) is 0 Å². The zero-order chi connectivity index (χ0) is 18.4. The van der Waals surface area contributed by atoms with Gasteiger partial charge in [0.2, 0.25) is 15.9 Å². The Bertz CT molecular complexity index is 731. The molecule has 0 atom stereocenters. The molecule has 1 heterocycles. The third-order valence-electron chi connectivity index (χ3n) is 4.16. The standard InChI is InChI=1S/C16H22ClN3O4S/c1-25(23,24)20-8-6-12(7-9-20)10-18-15(21)11-19-16(22)13-4-2-3-5-14(13)17/h2-5,12H,6-11H2,1H3,(H,18,21)(H,19,22). The maximum Gasteiger partial charge on any atom is 0.253 e. The molecule has 2 N–H and O–H groups in total. The van der Waals surface area contributed by atoms with Crippen LogP contribution in [0.3, 0.4) is 0 Å². The van der Waals surface area contributed by atoms with Crippen molar-refractivity contribution in [3.05, 3.63) is 34.9 Å². The SMILES string of the molecule is CS(=O)(=O)N1CCC(CNC(=O)CNC(=O)c2ccccc2Cl)CC1. The van der Waals surface area contributed by atoms with Crippen LogP contribution in [0.25, 0.3) is 0 Å². The number of halogens is 1. The van der Waals surface area contributed by atoms with Crippen LogP contribution < -0.4 is 10.6 Å². The van der Waals surface area contributed by atoms with Crippen molar-refractivity contribution in [3.63, 3.8) is 0 Å². The van der Waals surface area contributed by atoms with Gasteiger partial charge in [-0.1, -0.05) is 23.7 Å². The lowest BCUT2D eigenvalue weighted by Gasteiger charge is -2.30. The van der Waals surface area contributed by atoms with Crippen LogP contribution in [-0.4, -0.2) is 57.0 Å². The second-order valence-electron chi connectivity index (χ2n) is 6.07. The van der Waals surface area contributed by atoms with Gasteiger partial charge in [-0.15, -0.1) is 0 Å². The summed E-state index contributed by atoms with van der Waals surface area (Å²) in [5, 5.41) is 5.64. The van der Waals surface area contributed by atoms with Gasteiger partial charge < -0.3 is 10.6 Å². The number of nitrogens with one attached hydrogen (secondary N) is 2. The van der Waals surface area contributed by atoms with E-state index in [0.29, 0.717) is 43.1 Å². The average molecular weight is 388 g/mol. The molecule has 138 valence electrons. The molecule has 0 unspecified atom stereocenters. The Morgan fingerprint density at radius 1 is 1.20 bits per heavy atom. The van der Waals surface area contributed by atoms with Crippen molar-refractivity contribution < 1.29 is 18.0 Å². The number of nitrogens with zero attached hydrogens (tertiary/aromatic N) is 1. The molecular formula is C16H22ClN3O4S. The molecule has 1 fully saturated rings. The third-order valence-corrected chi connectivity index (χ3v) is 5.79. The van der Waals surface area contributed by atoms with Gasteiger partial charge in [0.25, 0.3) is 5.91 Å². The highest BCUT2D eigenvalue weighted by Gasteiger charge is 2.25. The highest BCUT2D eigenvalue weighted by Crippen LogP contribution is 2.18. The van der Waals surface area contributed by atoms with Crippen molar-refractivity contribution in [2.75, 3.05) is 32.4 Å². The second kappa shape index (κ2) is 8.64. The average Bonchev–Trinajstić information content (AvgIpc) is 2.58. The first-order chi connectivity index (χ1) is 11.8. The number of rotatable bonds is 6. The highest BCUT2D eigenvalue weighted by atomic mass is 35.5. The summed E-state index contributed by atoms with van der Waals surface area (Å²) in [6.07, 6.45) is 2.62. The van der Waals surface area contributed by atoms with Crippen LogP contribution in [-0.2, 0) is 14.8 Å². The number of hydrogen-bond acceptors (Lipinski definition) is 4. The predicted octanol–water partition coefficient (Wildman–Crippen LogP) is 0.858. The monoisotopic (exact) mass is 387 g/mol. The third kappa shape index (κ3) is 5.98. The van der Waals surface area contributed by atoms with E-state index in [0.717, 1.165) is 0 Å². The van der Waals surface area contributed by atoms with Gasteiger partial charge in [0.1, 0.15) is 0 Å². The molecule has 0 radical (unpaired) electrons. The molecule has 1 saturated heterocycles. The Hall–Kier alpha value is -1.64. The molecule has 9 heteroatoms. The number of hydrogen-bond donors (Lipinski definition) is 2. The Morgan fingerprint density at radius 2 is 1.84 bits per heavy atom. The number of piperidine rings is 1. The zero-order valence-electron chi connectivity index (χ0n) is 14.0. The number of amides is 2. The summed E-state index contributed by atoms with van der Waals surface area (Å²) < 4.78 is 24.4. The van der Waals surface area contributed by atoms with Crippen molar-refractivity contribution in [2.24, 2.45) is 5.92 Å². The van der Waals surface area contributed by atoms with Crippen LogP contribution in [0.5, 0.6) is 0 Å². The van der Waals surface area contributed by atoms with E-state index in [1.165, 1.54) is 10.6 Å². The van der Waals surface area contributed by atoms with E-state index in [9.17, 15) is 18.0 Å². The first-order valence-electron chi connectivity index (χ1n) is 8.02. The fourth-order valence-electron chi connectivity index (χ4n) is 2.67. The molecule has 0 bridgehead atoms. The van der Waals surface area contributed by atoms with Crippen molar-refractivity contribution in [1.29, 1.82) is 0 Å². The quantitative estimate of drug-likeness (QED) is 0.756. The maximum atomic E-state index is 12.0. The van der Waals surface area contributed by atoms with Crippen molar-refractivity contribution >= 4 is 33.4 Å². The van der Waals surface area contributed by atoms with Gasteiger partial charge in [-0.25, -0.2) is 12.7 Å². The maximum absolute atomic E-state index is 12.0. The van der Waals surface area contributed by atoms with E-state index in [-0.39, 0.29) is 18.4 Å². The fourth-order valence-corrected chi connectivity index (χ4v) is 3.76. The van der Waals surface area contributed by atoms with Gasteiger partial charge in [-0.3, -0.25) is 9.59 Å². The Morgan fingerprint density at radius 3 is 2.44 bits per heavy atom. The molecule has 25 heavy (non-hydrogen) atoms. The number of benzene rings is 1. The topological polar surface area (TPSA) is 95.6 Å². The van der Waals surface area contributed by atoms with E-state index in [4.69, 9.17) is 11.6 Å². The zero-order valence-corrected chi connectivity index (χ0v) is 15.6. The number of carbonyl (C=O) groups is 2. The normalized spacial score (nSPS) is 16.4. The highest BCUT2D eigenvalue weighted by molar-refractivity contribution is 7.88. The van der Waals surface area contributed by atoms with Crippen molar-refractivity contribution in [1.82, 2.24) is 14.9 Å². The van der Waals surface area contributed by atoms with Crippen molar-refractivity contribution in [2.45, 2.75) is 12.8 Å². The fraction of sp³-hybridized carbons (Fsp3) is 0.500. The number of carbonyl (C=O) groups excluding carboxylic acids is 2. The van der Waals surface area contributed by atoms with E-state index in [1.54, 1.807) is 24.3 Å². The summed E-state index contributed by atoms with van der Waals surface area (Å²) in [6, 6.07) is 6.62. The molecular weight excluding hydrogens is 366 g/mol. The molecule has 1 aromatic carbocycles. The minimum absolute atomic E-state index is 0.133. The van der Waals surface area contributed by atoms with E-state index in [2.05, 4.69) is 10.6 Å². The summed E-state index contributed by atoms with van der Waals surface area (Å²) in [5.74, 6) is -0.450. The van der Waals surface area contributed by atoms with Gasteiger partial charge >= 0.3 is 0 Å². The van der Waals surface area contributed by atoms with E-state index >= 15 is 0 Å². The smallest absolute Gasteiger partial charge is 0.253 e. The van der Waals surface area contributed by atoms with Crippen LogP contribution in [0, 0.1) is 5.92 Å². The lowest BCUT2D eigenvalue weighted by Crippen LogP contribution is -2.43. The first kappa shape index (κ1) is 19.7. The Kier molecular flexibility index (Phi) is 6.80. The summed E-state index contributed by atoms with van der Waals surface area (Å²) in [7, 11) is -3.14. The van der Waals surface area contributed by atoms with Gasteiger partial charge in [0.05, 0.1) is 23.4 Å². The lowest BCUT2D eigenvalue weighted by atomic mass is 9.98. The first-order valence-corrected chi connectivity index (χ1v) is 10.2. The number of sulfonamides is 1. The molecule has 1 aromatic rings.